The summed E-state index contributed by atoms with van der Waals surface area (Å²) in [5.74, 6) is -1.97. The molecule has 0 amide bonds. The molecule has 1 aromatic rings. The van der Waals surface area contributed by atoms with E-state index in [0.29, 0.717) is 24.1 Å². The van der Waals surface area contributed by atoms with Crippen LogP contribution in [0.1, 0.15) is 32.3 Å². The largest absolute Gasteiger partial charge is 0.478 e. The Morgan fingerprint density at radius 3 is 2.26 bits per heavy atom. The van der Waals surface area contributed by atoms with Crippen LogP contribution in [0.3, 0.4) is 0 Å². The van der Waals surface area contributed by atoms with Crippen LogP contribution < -0.4 is 5.32 Å². The number of halogens is 3. The third-order valence-electron chi connectivity index (χ3n) is 4.31. The Bertz CT molecular complexity index is 720. The monoisotopic (exact) mass is 462 g/mol. The smallest absolute Gasteiger partial charge is 0.446 e. The molecular weight excluding hydrogens is 433 g/mol. The lowest BCUT2D eigenvalue weighted by atomic mass is 10.0. The zero-order valence-electron chi connectivity index (χ0n) is 17.6. The van der Waals surface area contributed by atoms with E-state index < -0.39 is 17.4 Å². The number of rotatable bonds is 8. The van der Waals surface area contributed by atoms with Gasteiger partial charge in [-0.2, -0.15) is 13.2 Å². The maximum Gasteiger partial charge on any atom is 0.446 e. The number of thioether (sulfide) groups is 1. The number of carboxylic acids is 2. The van der Waals surface area contributed by atoms with Crippen LogP contribution in [0.2, 0.25) is 0 Å². The molecule has 0 saturated carbocycles. The van der Waals surface area contributed by atoms with Crippen molar-refractivity contribution in [3.8, 4) is 0 Å². The van der Waals surface area contributed by atoms with Crippen LogP contribution in [-0.4, -0.2) is 58.2 Å². The highest BCUT2D eigenvalue weighted by atomic mass is 32.2. The number of piperidine rings is 1. The summed E-state index contributed by atoms with van der Waals surface area (Å²) in [4.78, 5) is 21.8. The third-order valence-corrected chi connectivity index (χ3v) is 5.03. The predicted octanol–water partition coefficient (Wildman–Crippen LogP) is 4.22. The highest BCUT2D eigenvalue weighted by Gasteiger charge is 2.29. The summed E-state index contributed by atoms with van der Waals surface area (Å²) in [7, 11) is 0. The molecule has 1 aromatic carbocycles. The van der Waals surface area contributed by atoms with E-state index in [9.17, 15) is 22.8 Å². The van der Waals surface area contributed by atoms with Crippen molar-refractivity contribution in [3.63, 3.8) is 0 Å². The van der Waals surface area contributed by atoms with Crippen molar-refractivity contribution in [1.82, 2.24) is 10.2 Å². The Hall–Kier alpha value is -2.04. The van der Waals surface area contributed by atoms with Gasteiger partial charge in [-0.1, -0.05) is 26.0 Å². The van der Waals surface area contributed by atoms with E-state index in [-0.39, 0.29) is 16.7 Å². The molecule has 0 atom stereocenters. The van der Waals surface area contributed by atoms with Gasteiger partial charge < -0.3 is 15.5 Å². The second kappa shape index (κ2) is 13.4. The molecule has 0 aliphatic carbocycles. The Kier molecular flexibility index (Phi) is 11.7. The van der Waals surface area contributed by atoms with Crippen LogP contribution in [0.4, 0.5) is 13.2 Å². The molecule has 6 nitrogen and oxygen atoms in total. The summed E-state index contributed by atoms with van der Waals surface area (Å²) in [6.07, 6.45) is 3.32. The lowest BCUT2D eigenvalue weighted by Crippen LogP contribution is -2.44. The van der Waals surface area contributed by atoms with E-state index in [4.69, 9.17) is 10.2 Å². The first kappa shape index (κ1) is 27.0. The number of alkyl halides is 3. The number of nitrogens with zero attached hydrogens (tertiary/aromatic N) is 1. The van der Waals surface area contributed by atoms with E-state index in [1.54, 1.807) is 12.1 Å². The van der Waals surface area contributed by atoms with Crippen molar-refractivity contribution in [3.05, 3.63) is 42.0 Å². The van der Waals surface area contributed by atoms with Crippen molar-refractivity contribution < 1.29 is 33.0 Å². The number of aliphatic carboxylic acids is 2. The van der Waals surface area contributed by atoms with Gasteiger partial charge in [-0.25, -0.2) is 9.59 Å². The zero-order chi connectivity index (χ0) is 23.4. The SMILES string of the molecule is CC(C)CN(Cc1cccc(SC(F)(F)F)c1)C1CCNCC1.O=C(O)/C=C/C(=O)O. The van der Waals surface area contributed by atoms with Crippen molar-refractivity contribution in [2.45, 2.75) is 49.7 Å². The van der Waals surface area contributed by atoms with E-state index in [2.05, 4.69) is 24.1 Å². The van der Waals surface area contributed by atoms with E-state index in [1.165, 1.54) is 6.07 Å². The number of carboxylic acid groups (broad SMARTS) is 2. The maximum absolute atomic E-state index is 12.5. The summed E-state index contributed by atoms with van der Waals surface area (Å²) < 4.78 is 37.6. The van der Waals surface area contributed by atoms with Crippen molar-refractivity contribution in [2.75, 3.05) is 19.6 Å². The highest BCUT2D eigenvalue weighted by molar-refractivity contribution is 8.00. The van der Waals surface area contributed by atoms with E-state index in [1.807, 2.05) is 6.07 Å². The van der Waals surface area contributed by atoms with Gasteiger partial charge in [0.15, 0.2) is 0 Å². The first-order valence-electron chi connectivity index (χ1n) is 9.89. The third kappa shape index (κ3) is 13.1. The summed E-state index contributed by atoms with van der Waals surface area (Å²) in [6, 6.07) is 7.36. The molecule has 10 heteroatoms. The van der Waals surface area contributed by atoms with Gasteiger partial charge in [0.1, 0.15) is 0 Å². The quantitative estimate of drug-likeness (QED) is 0.394. The van der Waals surface area contributed by atoms with Gasteiger partial charge in [0.05, 0.1) is 0 Å². The standard InChI is InChI=1S/C17H25F3N2S.C4H4O4/c1-13(2)11-22(15-6-8-21-9-7-15)12-14-4-3-5-16(10-14)23-17(18,19)20;5-3(6)1-2-4(7)8/h3-5,10,13,15,21H,6-9,11-12H2,1-2H3;1-2H,(H,5,6)(H,7,8)/b;2-1+. The number of hydrogen-bond donors (Lipinski definition) is 3. The number of hydrogen-bond acceptors (Lipinski definition) is 5. The summed E-state index contributed by atoms with van der Waals surface area (Å²) in [6.45, 7) is 8.09. The van der Waals surface area contributed by atoms with Crippen LogP contribution >= 0.6 is 11.8 Å². The van der Waals surface area contributed by atoms with Crippen LogP contribution in [0.25, 0.3) is 0 Å². The number of benzene rings is 1. The Labute approximate surface area is 184 Å². The molecule has 31 heavy (non-hydrogen) atoms. The first-order chi connectivity index (χ1) is 14.5. The van der Waals surface area contributed by atoms with Gasteiger partial charge in [-0.3, -0.25) is 4.90 Å². The Morgan fingerprint density at radius 1 is 1.19 bits per heavy atom. The Balaban J connectivity index is 0.000000512. The number of nitrogens with one attached hydrogen (secondary N) is 1. The summed E-state index contributed by atoms with van der Waals surface area (Å²) in [5, 5.41) is 19.0. The normalized spacial score (nSPS) is 15.2. The van der Waals surface area contributed by atoms with Crippen LogP contribution in [0.5, 0.6) is 0 Å². The zero-order valence-corrected chi connectivity index (χ0v) is 18.4. The molecule has 0 unspecified atom stereocenters. The minimum absolute atomic E-state index is 0.0370. The molecule has 0 spiro atoms. The van der Waals surface area contributed by atoms with Crippen LogP contribution in [-0.2, 0) is 16.1 Å². The van der Waals surface area contributed by atoms with E-state index in [0.717, 1.165) is 44.6 Å². The molecule has 1 fully saturated rings. The van der Waals surface area contributed by atoms with Gasteiger partial charge in [-0.15, -0.1) is 0 Å². The molecule has 0 radical (unpaired) electrons. The molecule has 3 N–H and O–H groups in total. The fraction of sp³-hybridized carbons (Fsp3) is 0.524. The number of carbonyl (C=O) groups is 2. The molecule has 1 heterocycles. The second-order valence-electron chi connectivity index (χ2n) is 7.51. The Morgan fingerprint density at radius 2 is 1.77 bits per heavy atom. The first-order valence-corrected chi connectivity index (χ1v) is 10.7. The highest BCUT2D eigenvalue weighted by Crippen LogP contribution is 2.37. The average Bonchev–Trinajstić information content (AvgIpc) is 2.66. The summed E-state index contributed by atoms with van der Waals surface area (Å²) in [5.41, 5.74) is -3.27. The van der Waals surface area contributed by atoms with Gasteiger partial charge in [-0.05, 0) is 61.3 Å². The van der Waals surface area contributed by atoms with Gasteiger partial charge in [0.2, 0.25) is 0 Å². The lowest BCUT2D eigenvalue weighted by Gasteiger charge is -2.36. The second-order valence-corrected chi connectivity index (χ2v) is 8.65. The van der Waals surface area contributed by atoms with Crippen molar-refractivity contribution >= 4 is 23.7 Å². The topological polar surface area (TPSA) is 89.9 Å². The van der Waals surface area contributed by atoms with Crippen LogP contribution in [0, 0.1) is 5.92 Å². The molecule has 0 bridgehead atoms. The van der Waals surface area contributed by atoms with Gasteiger partial charge in [0, 0.05) is 36.2 Å². The molecular formula is C21H29F3N2O4S. The minimum Gasteiger partial charge on any atom is -0.478 e. The summed E-state index contributed by atoms with van der Waals surface area (Å²) >= 11 is -0.0370. The van der Waals surface area contributed by atoms with Crippen molar-refractivity contribution in [1.29, 1.82) is 0 Å². The van der Waals surface area contributed by atoms with Crippen LogP contribution in [0.15, 0.2) is 41.3 Å². The molecule has 1 saturated heterocycles. The van der Waals surface area contributed by atoms with Crippen molar-refractivity contribution in [2.24, 2.45) is 5.92 Å². The van der Waals surface area contributed by atoms with Gasteiger partial charge >= 0.3 is 17.4 Å². The molecule has 174 valence electrons. The predicted molar refractivity (Wildman–Crippen MR) is 114 cm³/mol. The molecule has 1 aliphatic heterocycles. The average molecular weight is 463 g/mol. The van der Waals surface area contributed by atoms with E-state index >= 15 is 0 Å². The molecule has 0 aromatic heterocycles. The fourth-order valence-electron chi connectivity index (χ4n) is 3.20. The fourth-order valence-corrected chi connectivity index (χ4v) is 3.83. The lowest BCUT2D eigenvalue weighted by molar-refractivity contribution is -0.134. The minimum atomic E-state index is -4.23. The molecule has 1 aliphatic rings. The van der Waals surface area contributed by atoms with Gasteiger partial charge in [0.25, 0.3) is 0 Å². The molecule has 2 rings (SSSR count). The maximum atomic E-state index is 12.5.